The topological polar surface area (TPSA) is 102 Å². The number of rotatable bonds is 8. The van der Waals surface area contributed by atoms with Crippen LogP contribution in [-0.2, 0) is 30.8 Å². The summed E-state index contributed by atoms with van der Waals surface area (Å²) in [7, 11) is 0. The van der Waals surface area contributed by atoms with E-state index in [4.69, 9.17) is 0 Å². The van der Waals surface area contributed by atoms with Crippen molar-refractivity contribution in [3.05, 3.63) is 65.5 Å². The predicted molar refractivity (Wildman–Crippen MR) is 110 cm³/mol. The summed E-state index contributed by atoms with van der Waals surface area (Å²) in [6, 6.07) is 10.2. The number of fused-ring (bicyclic) bond motifs is 1. The molecule has 0 radical (unpaired) electrons. The molecule has 0 fully saturated rings. The first-order chi connectivity index (χ1) is 14.7. The molecule has 2 aromatic heterocycles. The Hall–Kier alpha value is -3.20. The Bertz CT molecular complexity index is 974. The van der Waals surface area contributed by atoms with E-state index >= 15 is 0 Å². The maximum absolute atomic E-state index is 12.3. The zero-order valence-electron chi connectivity index (χ0n) is 17.1. The molecule has 1 amide bonds. The largest absolute Gasteiger partial charge is 0.348 e. The van der Waals surface area contributed by atoms with Crippen molar-refractivity contribution < 1.29 is 4.79 Å². The maximum Gasteiger partial charge on any atom is 0.220 e. The number of aromatic nitrogens is 6. The predicted octanol–water partition coefficient (Wildman–Crippen LogP) is 1.68. The first-order valence-electron chi connectivity index (χ1n) is 10.3. The highest BCUT2D eigenvalue weighted by molar-refractivity contribution is 5.76. The van der Waals surface area contributed by atoms with Crippen LogP contribution in [0.25, 0.3) is 0 Å². The summed E-state index contributed by atoms with van der Waals surface area (Å²) in [5.74, 6) is 0.826. The maximum atomic E-state index is 12.3. The van der Waals surface area contributed by atoms with Crippen LogP contribution >= 0.6 is 0 Å². The Morgan fingerprint density at radius 1 is 1.23 bits per heavy atom. The third kappa shape index (κ3) is 5.04. The van der Waals surface area contributed by atoms with Gasteiger partial charge >= 0.3 is 0 Å². The van der Waals surface area contributed by atoms with Gasteiger partial charge in [0.1, 0.15) is 6.33 Å². The van der Waals surface area contributed by atoms with Gasteiger partial charge in [0, 0.05) is 32.3 Å². The molecule has 9 nitrogen and oxygen atoms in total. The summed E-state index contributed by atoms with van der Waals surface area (Å²) in [6.07, 6.45) is 5.28. The highest BCUT2D eigenvalue weighted by Crippen LogP contribution is 2.19. The number of amides is 1. The van der Waals surface area contributed by atoms with E-state index in [-0.39, 0.29) is 11.9 Å². The minimum Gasteiger partial charge on any atom is -0.348 e. The first-order valence-corrected chi connectivity index (χ1v) is 10.3. The molecular formula is C21H26N8O. The molecule has 1 aromatic carbocycles. The monoisotopic (exact) mass is 406 g/mol. The second-order valence-corrected chi connectivity index (χ2v) is 7.57. The van der Waals surface area contributed by atoms with Gasteiger partial charge in [-0.15, -0.1) is 5.10 Å². The summed E-state index contributed by atoms with van der Waals surface area (Å²) < 4.78 is 1.81. The fraction of sp³-hybridized carbons (Fsp3) is 0.429. The molecule has 1 atom stereocenters. The molecule has 0 saturated heterocycles. The van der Waals surface area contributed by atoms with Crippen molar-refractivity contribution in [2.75, 3.05) is 6.54 Å². The highest BCUT2D eigenvalue weighted by Gasteiger charge is 2.18. The number of tetrazole rings is 1. The average molecular weight is 406 g/mol. The molecule has 0 aliphatic carbocycles. The SMILES string of the molecule is CC(NC(=O)CCCn1nnnc1CN1CCc2ccccc2C1)c1ccncn1. The van der Waals surface area contributed by atoms with Gasteiger partial charge in [0.05, 0.1) is 18.3 Å². The second kappa shape index (κ2) is 9.53. The Morgan fingerprint density at radius 2 is 2.10 bits per heavy atom. The van der Waals surface area contributed by atoms with Crippen molar-refractivity contribution in [2.24, 2.45) is 0 Å². The van der Waals surface area contributed by atoms with Crippen LogP contribution in [-0.4, -0.2) is 47.5 Å². The molecule has 0 saturated carbocycles. The lowest BCUT2D eigenvalue weighted by atomic mass is 10.00. The Balaban J connectivity index is 1.25. The summed E-state index contributed by atoms with van der Waals surface area (Å²) in [6.45, 7) is 5.14. The zero-order chi connectivity index (χ0) is 20.8. The number of hydrogen-bond donors (Lipinski definition) is 1. The van der Waals surface area contributed by atoms with Crippen molar-refractivity contribution in [1.82, 2.24) is 40.4 Å². The quantitative estimate of drug-likeness (QED) is 0.607. The Kier molecular flexibility index (Phi) is 6.38. The zero-order valence-corrected chi connectivity index (χ0v) is 17.1. The highest BCUT2D eigenvalue weighted by atomic mass is 16.1. The Morgan fingerprint density at radius 3 is 2.93 bits per heavy atom. The van der Waals surface area contributed by atoms with Crippen LogP contribution in [0.3, 0.4) is 0 Å². The van der Waals surface area contributed by atoms with E-state index in [1.807, 2.05) is 11.6 Å². The molecule has 0 spiro atoms. The lowest BCUT2D eigenvalue weighted by Gasteiger charge is -2.28. The van der Waals surface area contributed by atoms with Crippen LogP contribution in [0.2, 0.25) is 0 Å². The van der Waals surface area contributed by atoms with Crippen LogP contribution in [0.5, 0.6) is 0 Å². The van der Waals surface area contributed by atoms with Crippen LogP contribution < -0.4 is 5.32 Å². The molecule has 1 N–H and O–H groups in total. The summed E-state index contributed by atoms with van der Waals surface area (Å²) in [5.41, 5.74) is 3.59. The molecule has 30 heavy (non-hydrogen) atoms. The van der Waals surface area contributed by atoms with Gasteiger partial charge in [-0.3, -0.25) is 9.69 Å². The van der Waals surface area contributed by atoms with Crippen molar-refractivity contribution in [1.29, 1.82) is 0 Å². The molecule has 4 rings (SSSR count). The minimum absolute atomic E-state index is 0.0108. The van der Waals surface area contributed by atoms with Gasteiger partial charge in [-0.2, -0.15) is 0 Å². The van der Waals surface area contributed by atoms with Crippen LogP contribution in [0.4, 0.5) is 0 Å². The lowest BCUT2D eigenvalue weighted by molar-refractivity contribution is -0.121. The van der Waals surface area contributed by atoms with Crippen molar-refractivity contribution in [3.63, 3.8) is 0 Å². The van der Waals surface area contributed by atoms with E-state index in [2.05, 4.69) is 60.0 Å². The lowest BCUT2D eigenvalue weighted by Crippen LogP contribution is -2.31. The molecule has 1 aliphatic heterocycles. The molecular weight excluding hydrogens is 380 g/mol. The molecule has 9 heteroatoms. The number of nitrogens with zero attached hydrogens (tertiary/aromatic N) is 7. The van der Waals surface area contributed by atoms with E-state index in [0.717, 1.165) is 31.0 Å². The minimum atomic E-state index is -0.147. The van der Waals surface area contributed by atoms with Gasteiger partial charge in [-0.25, -0.2) is 14.6 Å². The number of carbonyl (C=O) groups excluding carboxylic acids is 1. The third-order valence-electron chi connectivity index (χ3n) is 5.38. The van der Waals surface area contributed by atoms with Gasteiger partial charge in [-0.05, 0) is 47.4 Å². The number of carbonyl (C=O) groups is 1. The number of nitrogens with one attached hydrogen (secondary N) is 1. The van der Waals surface area contributed by atoms with Crippen molar-refractivity contribution in [3.8, 4) is 0 Å². The van der Waals surface area contributed by atoms with E-state index in [1.54, 1.807) is 12.3 Å². The second-order valence-electron chi connectivity index (χ2n) is 7.57. The van der Waals surface area contributed by atoms with Crippen LogP contribution in [0.15, 0.2) is 42.9 Å². The van der Waals surface area contributed by atoms with E-state index in [9.17, 15) is 4.79 Å². The number of benzene rings is 1. The van der Waals surface area contributed by atoms with E-state index in [0.29, 0.717) is 25.9 Å². The van der Waals surface area contributed by atoms with E-state index < -0.39 is 0 Å². The summed E-state index contributed by atoms with van der Waals surface area (Å²) in [5, 5.41) is 15.1. The van der Waals surface area contributed by atoms with Gasteiger partial charge in [0.25, 0.3) is 0 Å². The Labute approximate surface area is 175 Å². The van der Waals surface area contributed by atoms with E-state index in [1.165, 1.54) is 17.5 Å². The van der Waals surface area contributed by atoms with Crippen LogP contribution in [0, 0.1) is 0 Å². The van der Waals surface area contributed by atoms with Crippen molar-refractivity contribution in [2.45, 2.75) is 51.9 Å². The standard InChI is InChI=1S/C21H26N8O/c1-16(19-8-10-22-15-23-19)24-21(30)7-4-11-29-20(25-26-27-29)14-28-12-9-17-5-2-3-6-18(17)13-28/h2-3,5-6,8,10,15-16H,4,7,9,11-14H2,1H3,(H,24,30). The number of aryl methyl sites for hydroxylation is 1. The fourth-order valence-electron chi connectivity index (χ4n) is 3.73. The molecule has 3 aromatic rings. The molecule has 0 bridgehead atoms. The first kappa shape index (κ1) is 20.1. The van der Waals surface area contributed by atoms with Crippen molar-refractivity contribution >= 4 is 5.91 Å². The number of hydrogen-bond acceptors (Lipinski definition) is 7. The van der Waals surface area contributed by atoms with Gasteiger partial charge in [0.2, 0.25) is 5.91 Å². The normalized spacial score (nSPS) is 14.8. The molecule has 3 heterocycles. The fourth-order valence-corrected chi connectivity index (χ4v) is 3.73. The molecule has 1 unspecified atom stereocenters. The van der Waals surface area contributed by atoms with Gasteiger partial charge in [0.15, 0.2) is 5.82 Å². The summed E-state index contributed by atoms with van der Waals surface area (Å²) in [4.78, 5) is 22.7. The third-order valence-corrected chi connectivity index (χ3v) is 5.38. The smallest absolute Gasteiger partial charge is 0.220 e. The average Bonchev–Trinajstić information content (AvgIpc) is 3.21. The van der Waals surface area contributed by atoms with Gasteiger partial charge in [-0.1, -0.05) is 24.3 Å². The summed E-state index contributed by atoms with van der Waals surface area (Å²) >= 11 is 0. The van der Waals surface area contributed by atoms with Crippen LogP contribution in [0.1, 0.15) is 48.5 Å². The molecule has 1 aliphatic rings. The molecule has 156 valence electrons. The van der Waals surface area contributed by atoms with Gasteiger partial charge < -0.3 is 5.32 Å².